The van der Waals surface area contributed by atoms with Crippen molar-refractivity contribution in [3.63, 3.8) is 0 Å². The third-order valence-electron chi connectivity index (χ3n) is 2.69. The van der Waals surface area contributed by atoms with Gasteiger partial charge in [-0.15, -0.1) is 11.3 Å². The summed E-state index contributed by atoms with van der Waals surface area (Å²) in [5.74, 6) is 0.0374. The second-order valence-electron chi connectivity index (χ2n) is 4.26. The number of anilines is 1. The number of nitrogens with zero attached hydrogens (tertiary/aromatic N) is 2. The van der Waals surface area contributed by atoms with E-state index in [0.717, 1.165) is 30.7 Å². The van der Waals surface area contributed by atoms with Gasteiger partial charge in [0.2, 0.25) is 5.91 Å². The lowest BCUT2D eigenvalue weighted by Crippen LogP contribution is -2.10. The summed E-state index contributed by atoms with van der Waals surface area (Å²) in [5, 5.41) is 5.38. The Morgan fingerprint density at radius 2 is 2.21 bits per heavy atom. The van der Waals surface area contributed by atoms with E-state index >= 15 is 0 Å². The van der Waals surface area contributed by atoms with E-state index in [4.69, 9.17) is 0 Å². The van der Waals surface area contributed by atoms with Crippen LogP contribution in [-0.2, 0) is 4.79 Å². The van der Waals surface area contributed by atoms with Crippen LogP contribution in [0.3, 0.4) is 0 Å². The standard InChI is InChI=1S/C14H17N3OS/c1-2-3-4-8-13(18)17-14-16-12(10-19-14)11-7-5-6-9-15-11/h5-7,9-10H,2-4,8H2,1H3,(H,16,17,18). The lowest BCUT2D eigenvalue weighted by atomic mass is 10.2. The molecule has 0 aliphatic carbocycles. The van der Waals surface area contributed by atoms with Crippen molar-refractivity contribution in [2.45, 2.75) is 32.6 Å². The first-order chi connectivity index (χ1) is 9.29. The van der Waals surface area contributed by atoms with Crippen LogP contribution in [0.2, 0.25) is 0 Å². The van der Waals surface area contributed by atoms with Crippen LogP contribution in [0.4, 0.5) is 5.13 Å². The number of carbonyl (C=O) groups is 1. The Hall–Kier alpha value is -1.75. The maximum Gasteiger partial charge on any atom is 0.226 e. The molecule has 0 aliphatic heterocycles. The van der Waals surface area contributed by atoms with Gasteiger partial charge in [-0.1, -0.05) is 25.8 Å². The van der Waals surface area contributed by atoms with E-state index in [9.17, 15) is 4.79 Å². The molecule has 100 valence electrons. The zero-order chi connectivity index (χ0) is 13.5. The molecule has 5 heteroatoms. The highest BCUT2D eigenvalue weighted by Crippen LogP contribution is 2.23. The molecule has 1 N–H and O–H groups in total. The SMILES string of the molecule is CCCCCC(=O)Nc1nc(-c2ccccn2)cs1. The third kappa shape index (κ3) is 4.13. The topological polar surface area (TPSA) is 54.9 Å². The van der Waals surface area contributed by atoms with Crippen molar-refractivity contribution in [2.24, 2.45) is 0 Å². The smallest absolute Gasteiger partial charge is 0.226 e. The molecule has 2 aromatic rings. The van der Waals surface area contributed by atoms with E-state index in [-0.39, 0.29) is 5.91 Å². The zero-order valence-electron chi connectivity index (χ0n) is 10.9. The second-order valence-corrected chi connectivity index (χ2v) is 5.12. The zero-order valence-corrected chi connectivity index (χ0v) is 11.7. The molecule has 0 aliphatic rings. The average molecular weight is 275 g/mol. The fourth-order valence-corrected chi connectivity index (χ4v) is 2.40. The van der Waals surface area contributed by atoms with Crippen LogP contribution in [0.5, 0.6) is 0 Å². The van der Waals surface area contributed by atoms with Crippen molar-refractivity contribution in [1.82, 2.24) is 9.97 Å². The Kier molecular flexibility index (Phi) is 5.03. The number of pyridine rings is 1. The van der Waals surface area contributed by atoms with Gasteiger partial charge in [0, 0.05) is 18.0 Å². The first-order valence-corrected chi connectivity index (χ1v) is 7.34. The highest BCUT2D eigenvalue weighted by Gasteiger charge is 2.08. The summed E-state index contributed by atoms with van der Waals surface area (Å²) < 4.78 is 0. The van der Waals surface area contributed by atoms with Crippen molar-refractivity contribution in [3.05, 3.63) is 29.8 Å². The minimum Gasteiger partial charge on any atom is -0.302 e. The van der Waals surface area contributed by atoms with Gasteiger partial charge in [-0.25, -0.2) is 4.98 Å². The normalized spacial score (nSPS) is 10.4. The lowest BCUT2D eigenvalue weighted by Gasteiger charge is -2.00. The van der Waals surface area contributed by atoms with Crippen LogP contribution in [0.25, 0.3) is 11.4 Å². The molecule has 0 atom stereocenters. The number of carbonyl (C=O) groups excluding carboxylic acids is 1. The van der Waals surface area contributed by atoms with Crippen LogP contribution >= 0.6 is 11.3 Å². The van der Waals surface area contributed by atoms with Crippen LogP contribution < -0.4 is 5.32 Å². The number of thiazole rings is 1. The molecule has 0 unspecified atom stereocenters. The number of unbranched alkanes of at least 4 members (excludes halogenated alkanes) is 2. The Balaban J connectivity index is 1.93. The van der Waals surface area contributed by atoms with Crippen LogP contribution in [-0.4, -0.2) is 15.9 Å². The summed E-state index contributed by atoms with van der Waals surface area (Å²) in [7, 11) is 0. The molecule has 0 saturated heterocycles. The van der Waals surface area contributed by atoms with Crippen LogP contribution in [0.15, 0.2) is 29.8 Å². The van der Waals surface area contributed by atoms with Crippen molar-refractivity contribution >= 4 is 22.4 Å². The summed E-state index contributed by atoms with van der Waals surface area (Å²) in [6.07, 6.45) is 5.43. The third-order valence-corrected chi connectivity index (χ3v) is 3.44. The van der Waals surface area contributed by atoms with Gasteiger partial charge >= 0.3 is 0 Å². The molecule has 1 amide bonds. The average Bonchev–Trinajstić information content (AvgIpc) is 2.88. The highest BCUT2D eigenvalue weighted by molar-refractivity contribution is 7.14. The van der Waals surface area contributed by atoms with Crippen molar-refractivity contribution in [1.29, 1.82) is 0 Å². The quantitative estimate of drug-likeness (QED) is 0.817. The molecule has 0 aromatic carbocycles. The highest BCUT2D eigenvalue weighted by atomic mass is 32.1. The van der Waals surface area contributed by atoms with Gasteiger partial charge in [0.1, 0.15) is 5.69 Å². The monoisotopic (exact) mass is 275 g/mol. The Bertz CT molecular complexity index is 524. The molecule has 0 fully saturated rings. The van der Waals surface area contributed by atoms with E-state index in [1.165, 1.54) is 11.3 Å². The number of aromatic nitrogens is 2. The minimum absolute atomic E-state index is 0.0374. The molecule has 2 aromatic heterocycles. The fourth-order valence-electron chi connectivity index (χ4n) is 1.68. The summed E-state index contributed by atoms with van der Waals surface area (Å²) in [6.45, 7) is 2.12. The van der Waals surface area contributed by atoms with E-state index in [0.29, 0.717) is 11.6 Å². The summed E-state index contributed by atoms with van der Waals surface area (Å²) >= 11 is 1.43. The van der Waals surface area contributed by atoms with E-state index in [1.807, 2.05) is 23.6 Å². The van der Waals surface area contributed by atoms with Gasteiger partial charge in [-0.2, -0.15) is 0 Å². The van der Waals surface area contributed by atoms with E-state index in [2.05, 4.69) is 22.2 Å². The summed E-state index contributed by atoms with van der Waals surface area (Å²) in [5.41, 5.74) is 1.62. The van der Waals surface area contributed by atoms with Crippen LogP contribution in [0, 0.1) is 0 Å². The number of nitrogens with one attached hydrogen (secondary N) is 1. The number of hydrogen-bond donors (Lipinski definition) is 1. The largest absolute Gasteiger partial charge is 0.302 e. The lowest BCUT2D eigenvalue weighted by molar-refractivity contribution is -0.116. The number of amides is 1. The predicted molar refractivity (Wildman–Crippen MR) is 78.1 cm³/mol. The van der Waals surface area contributed by atoms with E-state index in [1.54, 1.807) is 6.20 Å². The fraction of sp³-hybridized carbons (Fsp3) is 0.357. The molecule has 0 radical (unpaired) electrons. The molecule has 4 nitrogen and oxygen atoms in total. The van der Waals surface area contributed by atoms with E-state index < -0.39 is 0 Å². The molecule has 2 heterocycles. The van der Waals surface area contributed by atoms with Crippen LogP contribution in [0.1, 0.15) is 32.6 Å². The summed E-state index contributed by atoms with van der Waals surface area (Å²) in [4.78, 5) is 20.3. The molecular formula is C14H17N3OS. The maximum atomic E-state index is 11.7. The summed E-state index contributed by atoms with van der Waals surface area (Å²) in [6, 6.07) is 5.69. The van der Waals surface area contributed by atoms with Gasteiger partial charge in [-0.05, 0) is 18.6 Å². The van der Waals surface area contributed by atoms with Gasteiger partial charge in [0.25, 0.3) is 0 Å². The molecule has 0 spiro atoms. The molecule has 19 heavy (non-hydrogen) atoms. The van der Waals surface area contributed by atoms with Crippen molar-refractivity contribution in [2.75, 3.05) is 5.32 Å². The molecule has 2 rings (SSSR count). The van der Waals surface area contributed by atoms with Gasteiger partial charge in [0.15, 0.2) is 5.13 Å². The molecular weight excluding hydrogens is 258 g/mol. The second kappa shape index (κ2) is 6.99. The Morgan fingerprint density at radius 3 is 2.95 bits per heavy atom. The minimum atomic E-state index is 0.0374. The molecule has 0 saturated carbocycles. The molecule has 0 bridgehead atoms. The first-order valence-electron chi connectivity index (χ1n) is 6.46. The predicted octanol–water partition coefficient (Wildman–Crippen LogP) is 3.72. The van der Waals surface area contributed by atoms with Crippen molar-refractivity contribution < 1.29 is 4.79 Å². The number of rotatable bonds is 6. The Labute approximate surface area is 116 Å². The maximum absolute atomic E-state index is 11.7. The number of hydrogen-bond acceptors (Lipinski definition) is 4. The van der Waals surface area contributed by atoms with Gasteiger partial charge in [0.05, 0.1) is 5.69 Å². The van der Waals surface area contributed by atoms with Crippen molar-refractivity contribution in [3.8, 4) is 11.4 Å². The first kappa shape index (κ1) is 13.7. The van der Waals surface area contributed by atoms with Gasteiger partial charge < -0.3 is 5.32 Å². The Morgan fingerprint density at radius 1 is 1.32 bits per heavy atom. The van der Waals surface area contributed by atoms with Gasteiger partial charge in [-0.3, -0.25) is 9.78 Å².